The molecule has 2 heteroatoms. The van der Waals surface area contributed by atoms with Crippen LogP contribution in [0.1, 0.15) is 33.6 Å². The summed E-state index contributed by atoms with van der Waals surface area (Å²) in [7, 11) is 5.54. The second kappa shape index (κ2) is 6.30. The smallest absolute Gasteiger partial charge is 0.108 e. The molecule has 0 saturated carbocycles. The van der Waals surface area contributed by atoms with Gasteiger partial charge in [-0.15, -0.1) is 6.58 Å². The zero-order valence-electron chi connectivity index (χ0n) is 8.42. The van der Waals surface area contributed by atoms with Crippen LogP contribution in [0.5, 0.6) is 0 Å². The zero-order chi connectivity index (χ0) is 9.56. The van der Waals surface area contributed by atoms with Crippen molar-refractivity contribution in [3.8, 4) is 0 Å². The number of hydrogen-bond acceptors (Lipinski definition) is 1. The summed E-state index contributed by atoms with van der Waals surface area (Å²) in [4.78, 5) is 0. The van der Waals surface area contributed by atoms with Crippen molar-refractivity contribution < 1.29 is 4.74 Å². The first-order valence-corrected chi connectivity index (χ1v) is 4.58. The number of hydrogen-bond donors (Lipinski definition) is 0. The molecular weight excluding hydrogens is 147 g/mol. The SMILES string of the molecule is [B]C(C)O[C@@H](CC=C)CC(C)C. The fourth-order valence-corrected chi connectivity index (χ4v) is 1.22. The number of rotatable bonds is 6. The Morgan fingerprint density at radius 3 is 2.33 bits per heavy atom. The molecule has 68 valence electrons. The highest BCUT2D eigenvalue weighted by molar-refractivity contribution is 6.10. The lowest BCUT2D eigenvalue weighted by Gasteiger charge is -2.21. The minimum Gasteiger partial charge on any atom is -0.385 e. The standard InChI is InChI=1S/C10H19BO/c1-5-6-10(7-8(2)3)12-9(4)11/h5,8-10H,1,6-7H2,2-4H3/t9?,10-/m0/s1. The molecule has 0 saturated heterocycles. The van der Waals surface area contributed by atoms with E-state index in [2.05, 4.69) is 20.4 Å². The van der Waals surface area contributed by atoms with Crippen LogP contribution in [0.25, 0.3) is 0 Å². The average Bonchev–Trinajstić information content (AvgIpc) is 1.84. The highest BCUT2D eigenvalue weighted by Crippen LogP contribution is 2.13. The van der Waals surface area contributed by atoms with Crippen LogP contribution < -0.4 is 0 Å². The van der Waals surface area contributed by atoms with Gasteiger partial charge < -0.3 is 4.74 Å². The molecule has 0 aromatic rings. The Kier molecular flexibility index (Phi) is 6.18. The molecule has 0 aliphatic heterocycles. The van der Waals surface area contributed by atoms with Gasteiger partial charge in [0.15, 0.2) is 0 Å². The van der Waals surface area contributed by atoms with Gasteiger partial charge in [0.25, 0.3) is 0 Å². The molecule has 0 aliphatic carbocycles. The Morgan fingerprint density at radius 1 is 1.42 bits per heavy atom. The van der Waals surface area contributed by atoms with Crippen molar-refractivity contribution in [2.24, 2.45) is 5.92 Å². The fourth-order valence-electron chi connectivity index (χ4n) is 1.22. The van der Waals surface area contributed by atoms with Gasteiger partial charge in [-0.05, 0) is 25.7 Å². The minimum atomic E-state index is -0.173. The highest BCUT2D eigenvalue weighted by atomic mass is 16.5. The molecule has 1 nitrogen and oxygen atoms in total. The molecule has 2 atom stereocenters. The van der Waals surface area contributed by atoms with Gasteiger partial charge in [-0.1, -0.05) is 19.9 Å². The summed E-state index contributed by atoms with van der Waals surface area (Å²) in [6.45, 7) is 9.91. The van der Waals surface area contributed by atoms with Crippen LogP contribution in [-0.4, -0.2) is 20.0 Å². The van der Waals surface area contributed by atoms with E-state index in [9.17, 15) is 0 Å². The molecule has 0 spiro atoms. The van der Waals surface area contributed by atoms with Crippen LogP contribution in [0.15, 0.2) is 12.7 Å². The largest absolute Gasteiger partial charge is 0.385 e. The van der Waals surface area contributed by atoms with E-state index >= 15 is 0 Å². The molecule has 1 unspecified atom stereocenters. The molecule has 2 radical (unpaired) electrons. The quantitative estimate of drug-likeness (QED) is 0.435. The molecular formula is C10H19BO. The van der Waals surface area contributed by atoms with E-state index in [1.807, 2.05) is 13.0 Å². The van der Waals surface area contributed by atoms with Crippen LogP contribution in [0.4, 0.5) is 0 Å². The lowest BCUT2D eigenvalue weighted by molar-refractivity contribution is 0.0285. The summed E-state index contributed by atoms with van der Waals surface area (Å²) < 4.78 is 5.51. The van der Waals surface area contributed by atoms with E-state index < -0.39 is 0 Å². The number of ether oxygens (including phenoxy) is 1. The van der Waals surface area contributed by atoms with E-state index in [0.717, 1.165) is 12.8 Å². The first-order chi connectivity index (χ1) is 5.56. The summed E-state index contributed by atoms with van der Waals surface area (Å²) in [5.74, 6) is 0.647. The van der Waals surface area contributed by atoms with Gasteiger partial charge >= 0.3 is 0 Å². The topological polar surface area (TPSA) is 9.23 Å². The predicted molar refractivity (Wildman–Crippen MR) is 54.4 cm³/mol. The Bertz CT molecular complexity index is 111. The van der Waals surface area contributed by atoms with Crippen molar-refractivity contribution in [3.63, 3.8) is 0 Å². The summed E-state index contributed by atoms with van der Waals surface area (Å²) in [5, 5.41) is 0. The maximum absolute atomic E-state index is 5.54. The molecule has 0 heterocycles. The van der Waals surface area contributed by atoms with Gasteiger partial charge in [-0.25, -0.2) is 0 Å². The summed E-state index contributed by atoms with van der Waals surface area (Å²) in [5.41, 5.74) is 0. The van der Waals surface area contributed by atoms with Crippen molar-refractivity contribution in [2.45, 2.75) is 45.7 Å². The van der Waals surface area contributed by atoms with Crippen molar-refractivity contribution >= 4 is 7.85 Å². The third kappa shape index (κ3) is 6.47. The van der Waals surface area contributed by atoms with Crippen LogP contribution in [0.2, 0.25) is 0 Å². The maximum atomic E-state index is 5.54. The predicted octanol–water partition coefficient (Wildman–Crippen LogP) is 2.51. The van der Waals surface area contributed by atoms with Gasteiger partial charge in [0, 0.05) is 6.00 Å². The molecule has 0 amide bonds. The molecule has 0 N–H and O–H groups in total. The first kappa shape index (κ1) is 11.8. The second-order valence-electron chi connectivity index (χ2n) is 3.62. The lowest BCUT2D eigenvalue weighted by atomic mass is 9.99. The third-order valence-corrected chi connectivity index (χ3v) is 1.57. The van der Waals surface area contributed by atoms with Crippen LogP contribution in [0.3, 0.4) is 0 Å². The van der Waals surface area contributed by atoms with E-state index in [-0.39, 0.29) is 12.1 Å². The Hall–Kier alpha value is -0.235. The Morgan fingerprint density at radius 2 is 2.00 bits per heavy atom. The lowest BCUT2D eigenvalue weighted by Crippen LogP contribution is -2.21. The summed E-state index contributed by atoms with van der Waals surface area (Å²) in [6, 6.07) is -0.173. The van der Waals surface area contributed by atoms with Gasteiger partial charge in [0.05, 0.1) is 6.10 Å². The molecule has 12 heavy (non-hydrogen) atoms. The third-order valence-electron chi connectivity index (χ3n) is 1.57. The fraction of sp³-hybridized carbons (Fsp3) is 0.800. The molecule has 0 aromatic heterocycles. The van der Waals surface area contributed by atoms with Crippen molar-refractivity contribution in [1.82, 2.24) is 0 Å². The van der Waals surface area contributed by atoms with Crippen molar-refractivity contribution in [3.05, 3.63) is 12.7 Å². The van der Waals surface area contributed by atoms with E-state index in [4.69, 9.17) is 12.6 Å². The summed E-state index contributed by atoms with van der Waals surface area (Å²) in [6.07, 6.45) is 4.06. The molecule has 0 aliphatic rings. The average molecular weight is 166 g/mol. The van der Waals surface area contributed by atoms with Crippen LogP contribution in [0, 0.1) is 5.92 Å². The van der Waals surface area contributed by atoms with E-state index in [1.165, 1.54) is 0 Å². The second-order valence-corrected chi connectivity index (χ2v) is 3.62. The van der Waals surface area contributed by atoms with Crippen molar-refractivity contribution in [2.75, 3.05) is 0 Å². The summed E-state index contributed by atoms with van der Waals surface area (Å²) >= 11 is 0. The Labute approximate surface area is 77.6 Å². The Balaban J connectivity index is 3.77. The normalized spacial score (nSPS) is 16.0. The molecule has 0 aromatic carbocycles. The van der Waals surface area contributed by atoms with Gasteiger partial charge in [0.1, 0.15) is 7.85 Å². The van der Waals surface area contributed by atoms with Gasteiger partial charge in [0.2, 0.25) is 0 Å². The molecule has 0 rings (SSSR count). The van der Waals surface area contributed by atoms with Crippen molar-refractivity contribution in [1.29, 1.82) is 0 Å². The highest BCUT2D eigenvalue weighted by Gasteiger charge is 2.10. The zero-order valence-corrected chi connectivity index (χ0v) is 8.42. The maximum Gasteiger partial charge on any atom is 0.108 e. The van der Waals surface area contributed by atoms with Crippen LogP contribution in [-0.2, 0) is 4.74 Å². The van der Waals surface area contributed by atoms with E-state index in [1.54, 1.807) is 0 Å². The van der Waals surface area contributed by atoms with Crippen LogP contribution >= 0.6 is 0 Å². The molecule has 0 bridgehead atoms. The van der Waals surface area contributed by atoms with Gasteiger partial charge in [-0.2, -0.15) is 0 Å². The first-order valence-electron chi connectivity index (χ1n) is 4.58. The minimum absolute atomic E-state index is 0.173. The monoisotopic (exact) mass is 166 g/mol. The molecule has 0 fully saturated rings. The van der Waals surface area contributed by atoms with Gasteiger partial charge in [-0.3, -0.25) is 0 Å². The van der Waals surface area contributed by atoms with E-state index in [0.29, 0.717) is 5.92 Å².